The van der Waals surface area contributed by atoms with Crippen molar-refractivity contribution in [3.8, 4) is 0 Å². The van der Waals surface area contributed by atoms with Crippen LogP contribution in [-0.4, -0.2) is 69.2 Å². The first-order valence-corrected chi connectivity index (χ1v) is 12.4. The number of carbonyl (C=O) groups is 4. The maximum atomic E-state index is 14.0. The molecule has 3 N–H and O–H groups in total. The van der Waals surface area contributed by atoms with Crippen LogP contribution in [0.1, 0.15) is 65.7 Å². The Morgan fingerprint density at radius 3 is 2.34 bits per heavy atom. The van der Waals surface area contributed by atoms with E-state index < -0.39 is 35.4 Å². The van der Waals surface area contributed by atoms with Gasteiger partial charge in [0.05, 0.1) is 0 Å². The molecule has 0 saturated heterocycles. The molecule has 0 unspecified atom stereocenters. The average molecular weight is 493 g/mol. The Hall–Kier alpha value is -2.98. The van der Waals surface area contributed by atoms with Gasteiger partial charge in [0.1, 0.15) is 17.8 Å². The van der Waals surface area contributed by atoms with Crippen molar-refractivity contribution in [3.63, 3.8) is 0 Å². The molecule has 2 fully saturated rings. The number of nitrogens with one attached hydrogen (secondary N) is 3. The molecule has 0 bridgehead atoms. The lowest BCUT2D eigenvalue weighted by atomic mass is 9.71. The first kappa shape index (κ1) is 26.6. The van der Waals surface area contributed by atoms with E-state index in [4.69, 9.17) is 0 Å². The molecule has 2 aliphatic rings. The minimum absolute atomic E-state index is 0.131. The number of rotatable bonds is 10. The zero-order chi connectivity index (χ0) is 25.8. The molecule has 0 radical (unpaired) electrons. The summed E-state index contributed by atoms with van der Waals surface area (Å²) in [4.78, 5) is 53.5. The summed E-state index contributed by atoms with van der Waals surface area (Å²) in [7, 11) is 1.66. The van der Waals surface area contributed by atoms with Gasteiger partial charge in [0.2, 0.25) is 11.7 Å². The van der Waals surface area contributed by atoms with Gasteiger partial charge in [-0.2, -0.15) is 5.10 Å². The standard InChI is InChI=1S/C24H37FN6O4/c1-5-31(6-2)22(35)26-17(15-23(3)10-7-8-11-23)20(33)28-24(13-16(25)14-24)19(32)21(34)27-18-9-12-30(4)29-18/h9,12,16-17H,5-8,10-11,13-15H2,1-4H3,(H,26,35)(H,28,33)(H,27,29,34)/t16-,17-,24-/m0/s1. The molecule has 3 rings (SSSR count). The largest absolute Gasteiger partial charge is 0.341 e. The van der Waals surface area contributed by atoms with Crippen LogP contribution in [0.25, 0.3) is 0 Å². The number of ketones is 1. The summed E-state index contributed by atoms with van der Waals surface area (Å²) in [6.45, 7) is 6.74. The van der Waals surface area contributed by atoms with Crippen molar-refractivity contribution in [3.05, 3.63) is 12.3 Å². The van der Waals surface area contributed by atoms with Crippen LogP contribution < -0.4 is 16.0 Å². The third kappa shape index (κ3) is 6.18. The van der Waals surface area contributed by atoms with Crippen LogP contribution in [0.2, 0.25) is 0 Å². The van der Waals surface area contributed by atoms with E-state index in [-0.39, 0.29) is 30.1 Å². The van der Waals surface area contributed by atoms with E-state index in [0.29, 0.717) is 19.5 Å². The van der Waals surface area contributed by atoms with Crippen LogP contribution in [-0.2, 0) is 21.4 Å². The molecule has 2 aliphatic carbocycles. The van der Waals surface area contributed by atoms with E-state index in [1.165, 1.54) is 10.7 Å². The highest BCUT2D eigenvalue weighted by Crippen LogP contribution is 2.42. The number of aromatic nitrogens is 2. The molecule has 10 nitrogen and oxygen atoms in total. The summed E-state index contributed by atoms with van der Waals surface area (Å²) in [5.74, 6) is -2.29. The summed E-state index contributed by atoms with van der Waals surface area (Å²) in [5.41, 5.74) is -1.78. The van der Waals surface area contributed by atoms with Gasteiger partial charge in [-0.25, -0.2) is 9.18 Å². The minimum atomic E-state index is -1.65. The highest BCUT2D eigenvalue weighted by Gasteiger charge is 2.54. The predicted octanol–water partition coefficient (Wildman–Crippen LogP) is 2.31. The summed E-state index contributed by atoms with van der Waals surface area (Å²) >= 11 is 0. The van der Waals surface area contributed by atoms with Crippen LogP contribution in [0.5, 0.6) is 0 Å². The van der Waals surface area contributed by atoms with Crippen LogP contribution in [0.15, 0.2) is 12.3 Å². The highest BCUT2D eigenvalue weighted by atomic mass is 19.1. The predicted molar refractivity (Wildman–Crippen MR) is 128 cm³/mol. The second kappa shape index (κ2) is 10.7. The smallest absolute Gasteiger partial charge is 0.318 e. The number of Topliss-reactive ketones (excluding diaryl/α,β-unsaturated/α-hetero) is 1. The van der Waals surface area contributed by atoms with Crippen molar-refractivity contribution in [2.24, 2.45) is 12.5 Å². The van der Waals surface area contributed by atoms with Gasteiger partial charge in [0, 0.05) is 45.2 Å². The van der Waals surface area contributed by atoms with E-state index in [0.717, 1.165) is 25.7 Å². The van der Waals surface area contributed by atoms with Gasteiger partial charge in [-0.15, -0.1) is 0 Å². The van der Waals surface area contributed by atoms with Gasteiger partial charge in [-0.3, -0.25) is 19.1 Å². The molecule has 0 aliphatic heterocycles. The van der Waals surface area contributed by atoms with Gasteiger partial charge in [0.25, 0.3) is 5.91 Å². The minimum Gasteiger partial charge on any atom is -0.341 e. The zero-order valence-electron chi connectivity index (χ0n) is 21.0. The van der Waals surface area contributed by atoms with Crippen molar-refractivity contribution in [1.29, 1.82) is 0 Å². The number of anilines is 1. The lowest BCUT2D eigenvalue weighted by Crippen LogP contribution is -2.68. The summed E-state index contributed by atoms with van der Waals surface area (Å²) in [6, 6.07) is 0.242. The lowest BCUT2D eigenvalue weighted by Gasteiger charge is -2.43. The van der Waals surface area contributed by atoms with Gasteiger partial charge in [-0.05, 0) is 38.5 Å². The second-order valence-corrected chi connectivity index (χ2v) is 10.1. The number of aryl methyl sites for hydroxylation is 1. The van der Waals surface area contributed by atoms with Crippen molar-refractivity contribution >= 4 is 29.4 Å². The van der Waals surface area contributed by atoms with Crippen LogP contribution in [0, 0.1) is 5.41 Å². The van der Waals surface area contributed by atoms with Gasteiger partial charge in [-0.1, -0.05) is 19.8 Å². The number of amides is 4. The molecule has 0 spiro atoms. The molecule has 35 heavy (non-hydrogen) atoms. The van der Waals surface area contributed by atoms with E-state index in [2.05, 4.69) is 28.0 Å². The Labute approximate surface area is 205 Å². The van der Waals surface area contributed by atoms with Crippen molar-refractivity contribution < 1.29 is 23.6 Å². The number of nitrogens with zero attached hydrogens (tertiary/aromatic N) is 3. The normalized spacial score (nSPS) is 23.6. The van der Waals surface area contributed by atoms with Gasteiger partial charge < -0.3 is 20.9 Å². The first-order chi connectivity index (χ1) is 16.5. The third-order valence-electron chi connectivity index (χ3n) is 7.27. The van der Waals surface area contributed by atoms with E-state index in [9.17, 15) is 23.6 Å². The maximum absolute atomic E-state index is 14.0. The Bertz CT molecular complexity index is 948. The van der Waals surface area contributed by atoms with E-state index in [1.807, 2.05) is 13.8 Å². The summed E-state index contributed by atoms with van der Waals surface area (Å²) < 4.78 is 15.5. The second-order valence-electron chi connectivity index (χ2n) is 10.1. The number of urea groups is 1. The Kier molecular flexibility index (Phi) is 8.17. The highest BCUT2D eigenvalue weighted by molar-refractivity contribution is 6.44. The molecule has 11 heteroatoms. The maximum Gasteiger partial charge on any atom is 0.318 e. The van der Waals surface area contributed by atoms with Crippen LogP contribution >= 0.6 is 0 Å². The number of hydrogen-bond acceptors (Lipinski definition) is 5. The van der Waals surface area contributed by atoms with Crippen molar-refractivity contribution in [2.45, 2.75) is 83.5 Å². The number of hydrogen-bond donors (Lipinski definition) is 3. The molecule has 2 saturated carbocycles. The SMILES string of the molecule is CCN(CC)C(=O)N[C@@H](CC1(C)CCCC1)C(=O)N[C@]1(C(=O)C(=O)Nc2ccn(C)n2)C[C@@H](F)C1. The molecular weight excluding hydrogens is 455 g/mol. The molecule has 1 aromatic rings. The first-order valence-electron chi connectivity index (χ1n) is 12.4. The number of carbonyl (C=O) groups excluding carboxylic acids is 4. The van der Waals surface area contributed by atoms with Crippen molar-refractivity contribution in [2.75, 3.05) is 18.4 Å². The quantitative estimate of drug-likeness (QED) is 0.432. The topological polar surface area (TPSA) is 125 Å². The number of alkyl halides is 1. The molecular formula is C24H37FN6O4. The van der Waals surface area contributed by atoms with Crippen LogP contribution in [0.3, 0.4) is 0 Å². The van der Waals surface area contributed by atoms with E-state index >= 15 is 0 Å². The molecule has 0 aromatic carbocycles. The third-order valence-corrected chi connectivity index (χ3v) is 7.27. The molecule has 1 aromatic heterocycles. The Balaban J connectivity index is 1.77. The lowest BCUT2D eigenvalue weighted by molar-refractivity contribution is -0.146. The average Bonchev–Trinajstić information content (AvgIpc) is 3.40. The van der Waals surface area contributed by atoms with Crippen molar-refractivity contribution in [1.82, 2.24) is 25.3 Å². The number of halogens is 1. The van der Waals surface area contributed by atoms with Gasteiger partial charge in [0.15, 0.2) is 5.82 Å². The Morgan fingerprint density at radius 1 is 1.20 bits per heavy atom. The Morgan fingerprint density at radius 2 is 1.83 bits per heavy atom. The summed E-state index contributed by atoms with van der Waals surface area (Å²) in [6.07, 6.45) is 4.08. The molecule has 4 amide bonds. The monoisotopic (exact) mass is 492 g/mol. The molecule has 1 heterocycles. The van der Waals surface area contributed by atoms with Gasteiger partial charge >= 0.3 is 6.03 Å². The zero-order valence-corrected chi connectivity index (χ0v) is 21.0. The fourth-order valence-corrected chi connectivity index (χ4v) is 5.12. The molecule has 194 valence electrons. The van der Waals surface area contributed by atoms with Crippen LogP contribution in [0.4, 0.5) is 15.0 Å². The summed E-state index contributed by atoms with van der Waals surface area (Å²) in [5, 5.41) is 11.9. The fourth-order valence-electron chi connectivity index (χ4n) is 5.12. The fraction of sp³-hybridized carbons (Fsp3) is 0.708. The van der Waals surface area contributed by atoms with E-state index in [1.54, 1.807) is 18.1 Å². The molecule has 1 atom stereocenters.